The molecule has 0 spiro atoms. The van der Waals surface area contributed by atoms with Gasteiger partial charge in [0.1, 0.15) is 11.6 Å². The Bertz CT molecular complexity index is 543. The van der Waals surface area contributed by atoms with Crippen LogP contribution in [0.4, 0.5) is 0 Å². The van der Waals surface area contributed by atoms with Crippen molar-refractivity contribution in [3.05, 3.63) is 11.8 Å². The SMILES string of the molecule is CC(N/C=C(/C#N)C(=O)NC(C)(C)C)C12CC3CC(CC(C3)C1)C2. The third kappa shape index (κ3) is 3.45. The summed E-state index contributed by atoms with van der Waals surface area (Å²) in [6, 6.07) is 2.36. The molecule has 4 nitrogen and oxygen atoms in total. The van der Waals surface area contributed by atoms with Crippen LogP contribution in [-0.2, 0) is 4.79 Å². The summed E-state index contributed by atoms with van der Waals surface area (Å²) in [6.45, 7) is 8.00. The first kappa shape index (κ1) is 17.3. The molecule has 1 amide bonds. The standard InChI is InChI=1S/C20H31N3O/c1-13(22-12-17(11-21)18(24)23-19(2,3)4)20-8-14-5-15(9-20)7-16(6-14)10-20/h12-16,22H,5-10H2,1-4H3,(H,23,24)/b17-12-. The second kappa shape index (κ2) is 6.10. The van der Waals surface area contributed by atoms with Gasteiger partial charge in [-0.3, -0.25) is 4.79 Å². The molecule has 4 bridgehead atoms. The maximum Gasteiger partial charge on any atom is 0.263 e. The van der Waals surface area contributed by atoms with E-state index in [4.69, 9.17) is 0 Å². The van der Waals surface area contributed by atoms with Gasteiger partial charge in [0, 0.05) is 17.8 Å². The number of carbonyl (C=O) groups excluding carboxylic acids is 1. The fraction of sp³-hybridized carbons (Fsp3) is 0.800. The minimum absolute atomic E-state index is 0.168. The average molecular weight is 329 g/mol. The third-order valence-corrected chi connectivity index (χ3v) is 6.34. The van der Waals surface area contributed by atoms with Crippen LogP contribution in [0.1, 0.15) is 66.2 Å². The van der Waals surface area contributed by atoms with E-state index < -0.39 is 0 Å². The number of hydrogen-bond donors (Lipinski definition) is 2. The maximum atomic E-state index is 12.2. The molecule has 0 aromatic carbocycles. The molecular weight excluding hydrogens is 298 g/mol. The van der Waals surface area contributed by atoms with Gasteiger partial charge in [0.25, 0.3) is 5.91 Å². The quantitative estimate of drug-likeness (QED) is 0.613. The van der Waals surface area contributed by atoms with Crippen molar-refractivity contribution in [2.45, 2.75) is 77.8 Å². The van der Waals surface area contributed by atoms with Crippen LogP contribution in [0.5, 0.6) is 0 Å². The van der Waals surface area contributed by atoms with Crippen LogP contribution < -0.4 is 10.6 Å². The van der Waals surface area contributed by atoms with Crippen molar-refractivity contribution in [2.75, 3.05) is 0 Å². The Morgan fingerprint density at radius 1 is 1.17 bits per heavy atom. The zero-order valence-electron chi connectivity index (χ0n) is 15.5. The van der Waals surface area contributed by atoms with E-state index in [1.807, 2.05) is 26.8 Å². The van der Waals surface area contributed by atoms with E-state index in [1.54, 1.807) is 6.20 Å². The van der Waals surface area contributed by atoms with Gasteiger partial charge in [0.15, 0.2) is 0 Å². The number of amides is 1. The number of nitrogens with zero attached hydrogens (tertiary/aromatic N) is 1. The number of carbonyl (C=O) groups is 1. The van der Waals surface area contributed by atoms with Gasteiger partial charge in [0.2, 0.25) is 0 Å². The number of nitrogens with one attached hydrogen (secondary N) is 2. The van der Waals surface area contributed by atoms with Gasteiger partial charge in [-0.2, -0.15) is 5.26 Å². The molecule has 0 radical (unpaired) electrons. The Kier molecular flexibility index (Phi) is 4.40. The normalized spacial score (nSPS) is 36.1. The predicted octanol–water partition coefficient (Wildman–Crippen LogP) is 3.50. The molecular formula is C20H31N3O. The van der Waals surface area contributed by atoms with Crippen LogP contribution in [0.2, 0.25) is 0 Å². The van der Waals surface area contributed by atoms with Crippen molar-refractivity contribution >= 4 is 5.91 Å². The van der Waals surface area contributed by atoms with Crippen molar-refractivity contribution in [1.29, 1.82) is 5.26 Å². The zero-order valence-corrected chi connectivity index (χ0v) is 15.5. The molecule has 4 fully saturated rings. The molecule has 0 saturated heterocycles. The van der Waals surface area contributed by atoms with E-state index >= 15 is 0 Å². The number of rotatable bonds is 4. The van der Waals surface area contributed by atoms with Crippen LogP contribution >= 0.6 is 0 Å². The molecule has 0 aromatic rings. The van der Waals surface area contributed by atoms with Crippen LogP contribution in [0.3, 0.4) is 0 Å². The van der Waals surface area contributed by atoms with Crippen LogP contribution in [0, 0.1) is 34.5 Å². The van der Waals surface area contributed by atoms with Gasteiger partial charge in [-0.05, 0) is 89.4 Å². The summed E-state index contributed by atoms with van der Waals surface area (Å²) in [7, 11) is 0. The summed E-state index contributed by atoms with van der Waals surface area (Å²) >= 11 is 0. The van der Waals surface area contributed by atoms with E-state index in [0.29, 0.717) is 11.5 Å². The highest BCUT2D eigenvalue weighted by molar-refractivity contribution is 5.97. The Hall–Kier alpha value is -1.50. The highest BCUT2D eigenvalue weighted by Crippen LogP contribution is 2.61. The first-order valence-corrected chi connectivity index (χ1v) is 9.39. The van der Waals surface area contributed by atoms with Gasteiger partial charge in [-0.1, -0.05) is 0 Å². The molecule has 0 aromatic heterocycles. The van der Waals surface area contributed by atoms with Gasteiger partial charge < -0.3 is 10.6 Å². The summed E-state index contributed by atoms with van der Waals surface area (Å²) in [4.78, 5) is 12.2. The van der Waals surface area contributed by atoms with Crippen molar-refractivity contribution in [3.8, 4) is 6.07 Å². The molecule has 4 rings (SSSR count). The minimum atomic E-state index is -0.335. The Morgan fingerprint density at radius 2 is 1.67 bits per heavy atom. The predicted molar refractivity (Wildman–Crippen MR) is 94.8 cm³/mol. The Morgan fingerprint density at radius 3 is 2.08 bits per heavy atom. The van der Waals surface area contributed by atoms with E-state index in [-0.39, 0.29) is 17.0 Å². The lowest BCUT2D eigenvalue weighted by molar-refractivity contribution is -0.118. The van der Waals surface area contributed by atoms with E-state index in [9.17, 15) is 10.1 Å². The molecule has 4 saturated carbocycles. The van der Waals surface area contributed by atoms with Crippen molar-refractivity contribution in [1.82, 2.24) is 10.6 Å². The molecule has 132 valence electrons. The van der Waals surface area contributed by atoms with E-state index in [2.05, 4.69) is 17.6 Å². The van der Waals surface area contributed by atoms with Gasteiger partial charge in [0.05, 0.1) is 0 Å². The van der Waals surface area contributed by atoms with Crippen LogP contribution in [0.25, 0.3) is 0 Å². The molecule has 4 aliphatic carbocycles. The highest BCUT2D eigenvalue weighted by atomic mass is 16.1. The van der Waals surface area contributed by atoms with Gasteiger partial charge >= 0.3 is 0 Å². The van der Waals surface area contributed by atoms with Crippen molar-refractivity contribution in [3.63, 3.8) is 0 Å². The molecule has 4 heteroatoms. The fourth-order valence-electron chi connectivity index (χ4n) is 5.65. The Labute approximate surface area is 146 Å². The third-order valence-electron chi connectivity index (χ3n) is 6.34. The number of hydrogen-bond acceptors (Lipinski definition) is 3. The molecule has 2 N–H and O–H groups in total. The lowest BCUT2D eigenvalue weighted by atomic mass is 9.48. The lowest BCUT2D eigenvalue weighted by Gasteiger charge is -2.59. The first-order valence-electron chi connectivity index (χ1n) is 9.39. The zero-order chi connectivity index (χ0) is 17.5. The fourth-order valence-corrected chi connectivity index (χ4v) is 5.65. The second-order valence-corrected chi connectivity index (χ2v) is 9.54. The topological polar surface area (TPSA) is 64.9 Å². The van der Waals surface area contributed by atoms with E-state index in [1.165, 1.54) is 38.5 Å². The van der Waals surface area contributed by atoms with Crippen molar-refractivity contribution in [2.24, 2.45) is 23.2 Å². The molecule has 24 heavy (non-hydrogen) atoms. The number of nitriles is 1. The van der Waals surface area contributed by atoms with Crippen LogP contribution in [0.15, 0.2) is 11.8 Å². The lowest BCUT2D eigenvalue weighted by Crippen LogP contribution is -2.54. The van der Waals surface area contributed by atoms with Crippen LogP contribution in [-0.4, -0.2) is 17.5 Å². The highest BCUT2D eigenvalue weighted by Gasteiger charge is 2.53. The summed E-state index contributed by atoms with van der Waals surface area (Å²) in [6.07, 6.45) is 9.88. The molecule has 0 heterocycles. The molecule has 0 aliphatic heterocycles. The second-order valence-electron chi connectivity index (χ2n) is 9.54. The summed E-state index contributed by atoms with van der Waals surface area (Å²) in [5, 5.41) is 15.6. The summed E-state index contributed by atoms with van der Waals surface area (Å²) < 4.78 is 0. The van der Waals surface area contributed by atoms with E-state index in [0.717, 1.165) is 17.8 Å². The summed E-state index contributed by atoms with van der Waals surface area (Å²) in [5.41, 5.74) is 0.201. The molecule has 1 unspecified atom stereocenters. The maximum absolute atomic E-state index is 12.2. The average Bonchev–Trinajstić information content (AvgIpc) is 2.44. The Balaban J connectivity index is 1.67. The summed E-state index contributed by atoms with van der Waals surface area (Å²) in [5.74, 6) is 2.42. The smallest absolute Gasteiger partial charge is 0.263 e. The first-order chi connectivity index (χ1) is 11.2. The van der Waals surface area contributed by atoms with Gasteiger partial charge in [-0.15, -0.1) is 0 Å². The molecule has 1 atom stereocenters. The molecule has 4 aliphatic rings. The monoisotopic (exact) mass is 329 g/mol. The van der Waals surface area contributed by atoms with Crippen molar-refractivity contribution < 1.29 is 4.79 Å². The minimum Gasteiger partial charge on any atom is -0.387 e. The largest absolute Gasteiger partial charge is 0.387 e. The van der Waals surface area contributed by atoms with Gasteiger partial charge in [-0.25, -0.2) is 0 Å².